The zero-order valence-electron chi connectivity index (χ0n) is 16.5. The zero-order valence-corrected chi connectivity index (χ0v) is 16.5. The summed E-state index contributed by atoms with van der Waals surface area (Å²) in [5, 5.41) is 19.9. The van der Waals surface area contributed by atoms with Gasteiger partial charge in [-0.3, -0.25) is 0 Å². The van der Waals surface area contributed by atoms with Gasteiger partial charge in [0.2, 0.25) is 0 Å². The Bertz CT molecular complexity index is 978. The second kappa shape index (κ2) is 8.76. The molecule has 0 saturated carbocycles. The van der Waals surface area contributed by atoms with Gasteiger partial charge in [-0.2, -0.15) is 5.26 Å². The van der Waals surface area contributed by atoms with Crippen molar-refractivity contribution in [1.82, 2.24) is 10.3 Å². The first-order valence-corrected chi connectivity index (χ1v) is 9.98. The lowest BCUT2D eigenvalue weighted by Crippen LogP contribution is -2.45. The molecule has 146 valence electrons. The van der Waals surface area contributed by atoms with Gasteiger partial charge in [0.05, 0.1) is 29.4 Å². The molecule has 5 nitrogen and oxygen atoms in total. The van der Waals surface area contributed by atoms with Crippen LogP contribution in [0.4, 0.5) is 11.5 Å². The van der Waals surface area contributed by atoms with E-state index in [4.69, 9.17) is 5.26 Å². The summed E-state index contributed by atoms with van der Waals surface area (Å²) < 4.78 is 0. The number of nitriles is 1. The first-order valence-electron chi connectivity index (χ1n) is 9.98. The van der Waals surface area contributed by atoms with Crippen molar-refractivity contribution in [2.45, 2.75) is 24.9 Å². The van der Waals surface area contributed by atoms with Gasteiger partial charge < -0.3 is 16.0 Å². The molecule has 0 saturated heterocycles. The number of hydrogen-bond donors (Lipinski definition) is 3. The number of pyridine rings is 1. The van der Waals surface area contributed by atoms with E-state index in [-0.39, 0.29) is 12.1 Å². The van der Waals surface area contributed by atoms with E-state index in [1.165, 1.54) is 11.1 Å². The van der Waals surface area contributed by atoms with E-state index in [1.54, 1.807) is 0 Å². The van der Waals surface area contributed by atoms with Crippen LogP contribution in [0.2, 0.25) is 0 Å². The summed E-state index contributed by atoms with van der Waals surface area (Å²) >= 11 is 0. The Balaban J connectivity index is 1.50. The summed E-state index contributed by atoms with van der Waals surface area (Å²) in [6.07, 6.45) is 1.81. The Morgan fingerprint density at radius 2 is 1.86 bits per heavy atom. The molecular weight excluding hydrogens is 358 g/mol. The normalized spacial score (nSPS) is 17.2. The molecule has 0 radical (unpaired) electrons. The summed E-state index contributed by atoms with van der Waals surface area (Å²) in [5.74, 6) is 1.22. The van der Waals surface area contributed by atoms with E-state index in [1.807, 2.05) is 48.7 Å². The summed E-state index contributed by atoms with van der Waals surface area (Å²) in [4.78, 5) is 4.48. The molecule has 3 unspecified atom stereocenters. The standard InChI is InChI=1S/C24H25N5/c1-17(19-11-9-18(14-25)10-12-19)15-28-23(20-6-3-2-4-7-20)22-16-27-21-8-5-13-26-24(21)29-22/h2-13,17,22-23,27-28H,15-16H2,1H3,(H,26,29). The predicted octanol–water partition coefficient (Wildman–Crippen LogP) is 4.29. The van der Waals surface area contributed by atoms with Gasteiger partial charge in [-0.1, -0.05) is 49.4 Å². The lowest BCUT2D eigenvalue weighted by Gasteiger charge is -2.35. The van der Waals surface area contributed by atoms with Crippen molar-refractivity contribution in [3.63, 3.8) is 0 Å². The molecule has 2 aromatic carbocycles. The maximum atomic E-state index is 9.00. The van der Waals surface area contributed by atoms with Crippen LogP contribution in [0.3, 0.4) is 0 Å². The minimum atomic E-state index is 0.139. The van der Waals surface area contributed by atoms with E-state index < -0.39 is 0 Å². The summed E-state index contributed by atoms with van der Waals surface area (Å²) in [6, 6.07) is 24.9. The molecular formula is C24H25N5. The van der Waals surface area contributed by atoms with Crippen LogP contribution in [0.25, 0.3) is 0 Å². The molecule has 3 aromatic rings. The van der Waals surface area contributed by atoms with Crippen LogP contribution in [0.15, 0.2) is 72.9 Å². The van der Waals surface area contributed by atoms with Gasteiger partial charge in [0, 0.05) is 19.3 Å². The molecule has 0 amide bonds. The molecule has 5 heteroatoms. The molecule has 1 aliphatic rings. The monoisotopic (exact) mass is 383 g/mol. The third kappa shape index (κ3) is 4.39. The third-order valence-corrected chi connectivity index (χ3v) is 5.46. The first-order chi connectivity index (χ1) is 14.2. The van der Waals surface area contributed by atoms with Crippen molar-refractivity contribution in [2.75, 3.05) is 23.7 Å². The van der Waals surface area contributed by atoms with Gasteiger partial charge >= 0.3 is 0 Å². The van der Waals surface area contributed by atoms with Gasteiger partial charge in [-0.15, -0.1) is 0 Å². The van der Waals surface area contributed by atoms with Crippen molar-refractivity contribution in [3.8, 4) is 6.07 Å². The van der Waals surface area contributed by atoms with E-state index in [0.29, 0.717) is 11.5 Å². The largest absolute Gasteiger partial charge is 0.380 e. The van der Waals surface area contributed by atoms with Crippen LogP contribution in [0.5, 0.6) is 0 Å². The molecule has 1 aliphatic heterocycles. The highest BCUT2D eigenvalue weighted by Crippen LogP contribution is 2.29. The number of fused-ring (bicyclic) bond motifs is 1. The average molecular weight is 383 g/mol. The molecule has 29 heavy (non-hydrogen) atoms. The predicted molar refractivity (Wildman–Crippen MR) is 117 cm³/mol. The van der Waals surface area contributed by atoms with Crippen molar-refractivity contribution in [3.05, 3.63) is 89.6 Å². The number of anilines is 2. The Morgan fingerprint density at radius 1 is 1.07 bits per heavy atom. The van der Waals surface area contributed by atoms with Crippen molar-refractivity contribution < 1.29 is 0 Å². The van der Waals surface area contributed by atoms with E-state index in [9.17, 15) is 0 Å². The summed E-state index contributed by atoms with van der Waals surface area (Å²) in [6.45, 7) is 3.86. The molecule has 0 bridgehead atoms. The van der Waals surface area contributed by atoms with Gasteiger partial charge in [-0.05, 0) is 41.3 Å². The Labute approximate surface area is 171 Å². The Morgan fingerprint density at radius 3 is 2.62 bits per heavy atom. The number of nitrogens with one attached hydrogen (secondary N) is 3. The molecule has 4 rings (SSSR count). The zero-order chi connectivity index (χ0) is 20.1. The Hall–Kier alpha value is -3.36. The van der Waals surface area contributed by atoms with Gasteiger partial charge in [0.1, 0.15) is 5.82 Å². The Kier molecular flexibility index (Phi) is 5.73. The van der Waals surface area contributed by atoms with Crippen LogP contribution in [-0.2, 0) is 0 Å². The molecule has 0 spiro atoms. The quantitative estimate of drug-likeness (QED) is 0.592. The van der Waals surface area contributed by atoms with Crippen LogP contribution in [-0.4, -0.2) is 24.1 Å². The summed E-state index contributed by atoms with van der Waals surface area (Å²) in [7, 11) is 0. The van der Waals surface area contributed by atoms with Gasteiger partial charge in [-0.25, -0.2) is 4.98 Å². The maximum Gasteiger partial charge on any atom is 0.149 e. The minimum absolute atomic E-state index is 0.139. The number of nitrogens with zero attached hydrogens (tertiary/aromatic N) is 2. The lowest BCUT2D eigenvalue weighted by atomic mass is 9.95. The van der Waals surface area contributed by atoms with Gasteiger partial charge in [0.15, 0.2) is 0 Å². The van der Waals surface area contributed by atoms with Crippen molar-refractivity contribution in [2.24, 2.45) is 0 Å². The fraction of sp³-hybridized carbons (Fsp3) is 0.250. The number of benzene rings is 2. The maximum absolute atomic E-state index is 9.00. The molecule has 0 fully saturated rings. The van der Waals surface area contributed by atoms with Crippen LogP contribution >= 0.6 is 0 Å². The van der Waals surface area contributed by atoms with Gasteiger partial charge in [0.25, 0.3) is 0 Å². The molecule has 2 heterocycles. The van der Waals surface area contributed by atoms with E-state index >= 15 is 0 Å². The lowest BCUT2D eigenvalue weighted by molar-refractivity contribution is 0.453. The SMILES string of the molecule is CC(CNC(c1ccccc1)C1CNc2cccnc2N1)c1ccc(C#N)cc1. The number of aromatic nitrogens is 1. The van der Waals surface area contributed by atoms with Crippen LogP contribution < -0.4 is 16.0 Å². The fourth-order valence-corrected chi connectivity index (χ4v) is 3.77. The second-order valence-electron chi connectivity index (χ2n) is 7.46. The van der Waals surface area contributed by atoms with Crippen molar-refractivity contribution >= 4 is 11.5 Å². The highest BCUT2D eigenvalue weighted by atomic mass is 15.2. The van der Waals surface area contributed by atoms with Crippen LogP contribution in [0.1, 0.15) is 35.6 Å². The number of hydrogen-bond acceptors (Lipinski definition) is 5. The topological polar surface area (TPSA) is 72.8 Å². The molecule has 3 N–H and O–H groups in total. The van der Waals surface area contributed by atoms with E-state index in [0.717, 1.165) is 24.6 Å². The molecule has 0 aliphatic carbocycles. The molecule has 3 atom stereocenters. The fourth-order valence-electron chi connectivity index (χ4n) is 3.77. The van der Waals surface area contributed by atoms with Crippen LogP contribution in [0, 0.1) is 11.3 Å². The summed E-state index contributed by atoms with van der Waals surface area (Å²) in [5.41, 5.74) is 4.21. The first kappa shape index (κ1) is 19.0. The minimum Gasteiger partial charge on any atom is -0.380 e. The highest BCUT2D eigenvalue weighted by molar-refractivity contribution is 5.67. The van der Waals surface area contributed by atoms with Crippen molar-refractivity contribution in [1.29, 1.82) is 5.26 Å². The smallest absolute Gasteiger partial charge is 0.149 e. The number of rotatable bonds is 6. The third-order valence-electron chi connectivity index (χ3n) is 5.46. The molecule has 1 aromatic heterocycles. The highest BCUT2D eigenvalue weighted by Gasteiger charge is 2.27. The average Bonchev–Trinajstić information content (AvgIpc) is 2.79. The second-order valence-corrected chi connectivity index (χ2v) is 7.46. The van der Waals surface area contributed by atoms with E-state index in [2.05, 4.69) is 58.2 Å².